The molecule has 1 aromatic carbocycles. The number of hydrogen-bond donors (Lipinski definition) is 1. The molecule has 2 heterocycles. The molecule has 3 rings (SSSR count). The molecule has 1 N–H and O–H groups in total. The monoisotopic (exact) mass is 320 g/mol. The number of halogens is 1. The number of benzene rings is 1. The van der Waals surface area contributed by atoms with Crippen molar-refractivity contribution in [2.24, 2.45) is 0 Å². The Bertz CT molecular complexity index is 982. The van der Waals surface area contributed by atoms with E-state index in [1.165, 1.54) is 22.0 Å². The van der Waals surface area contributed by atoms with E-state index in [1.807, 2.05) is 13.8 Å². The van der Waals surface area contributed by atoms with Crippen LogP contribution in [0.25, 0.3) is 15.9 Å². The second kappa shape index (κ2) is 4.89. The Hall–Kier alpha value is -1.79. The summed E-state index contributed by atoms with van der Waals surface area (Å²) >= 11 is 6.82. The molecule has 0 spiro atoms. The minimum absolute atomic E-state index is 0.165. The molecule has 0 bridgehead atoms. The molecule has 0 aliphatic rings. The zero-order valence-electron chi connectivity index (χ0n) is 11.8. The van der Waals surface area contributed by atoms with Crippen molar-refractivity contribution in [2.45, 2.75) is 20.8 Å². The Labute approximate surface area is 129 Å². The Kier molecular flexibility index (Phi) is 3.30. The van der Waals surface area contributed by atoms with Gasteiger partial charge in [0.15, 0.2) is 4.77 Å². The SMILES string of the molecule is Cc1cc(-n2c(=S)[nH]c3sc(C)c(C)c3c2=O)ccc1F. The van der Waals surface area contributed by atoms with E-state index >= 15 is 0 Å². The Morgan fingerprint density at radius 1 is 1.29 bits per heavy atom. The molecule has 0 radical (unpaired) electrons. The van der Waals surface area contributed by atoms with Gasteiger partial charge in [0, 0.05) is 4.88 Å². The lowest BCUT2D eigenvalue weighted by Crippen LogP contribution is -2.20. The summed E-state index contributed by atoms with van der Waals surface area (Å²) < 4.78 is 15.2. The highest BCUT2D eigenvalue weighted by Crippen LogP contribution is 2.26. The third-order valence-electron chi connectivity index (χ3n) is 3.63. The van der Waals surface area contributed by atoms with E-state index in [9.17, 15) is 9.18 Å². The quantitative estimate of drug-likeness (QED) is 0.683. The standard InChI is InChI=1S/C15H13FN2OS2/c1-7-6-10(4-5-11(7)16)18-14(19)12-8(2)9(3)21-13(12)17-15(18)20/h4-6H,1-3H3,(H,17,20). The van der Waals surface area contributed by atoms with Crippen LogP contribution >= 0.6 is 23.6 Å². The Balaban J connectivity index is 2.42. The normalized spacial score (nSPS) is 11.2. The molecule has 0 saturated heterocycles. The van der Waals surface area contributed by atoms with Gasteiger partial charge in [0.1, 0.15) is 10.6 Å². The van der Waals surface area contributed by atoms with Crippen molar-refractivity contribution >= 4 is 33.8 Å². The molecule has 0 saturated carbocycles. The zero-order chi connectivity index (χ0) is 15.3. The maximum Gasteiger partial charge on any atom is 0.267 e. The van der Waals surface area contributed by atoms with Gasteiger partial charge in [-0.25, -0.2) is 4.39 Å². The van der Waals surface area contributed by atoms with Gasteiger partial charge in [-0.15, -0.1) is 11.3 Å². The molecule has 0 unspecified atom stereocenters. The van der Waals surface area contributed by atoms with E-state index in [0.29, 0.717) is 21.4 Å². The molecular weight excluding hydrogens is 307 g/mol. The number of aryl methyl sites for hydroxylation is 3. The molecule has 0 amide bonds. The lowest BCUT2D eigenvalue weighted by Gasteiger charge is -2.08. The fraction of sp³-hybridized carbons (Fsp3) is 0.200. The van der Waals surface area contributed by atoms with Gasteiger partial charge < -0.3 is 4.98 Å². The highest BCUT2D eigenvalue weighted by Gasteiger charge is 2.14. The van der Waals surface area contributed by atoms with Crippen LogP contribution in [-0.4, -0.2) is 9.55 Å². The minimum atomic E-state index is -0.301. The van der Waals surface area contributed by atoms with Gasteiger partial charge in [-0.3, -0.25) is 9.36 Å². The second-order valence-corrected chi connectivity index (χ2v) is 6.60. The van der Waals surface area contributed by atoms with Gasteiger partial charge in [0.2, 0.25) is 0 Å². The Morgan fingerprint density at radius 2 is 2.00 bits per heavy atom. The van der Waals surface area contributed by atoms with Gasteiger partial charge in [0.05, 0.1) is 11.1 Å². The molecular formula is C15H13FN2OS2. The molecule has 0 atom stereocenters. The van der Waals surface area contributed by atoms with Crippen molar-refractivity contribution in [3.63, 3.8) is 0 Å². The van der Waals surface area contributed by atoms with Crippen molar-refractivity contribution in [3.8, 4) is 5.69 Å². The van der Waals surface area contributed by atoms with E-state index in [0.717, 1.165) is 15.3 Å². The van der Waals surface area contributed by atoms with Crippen LogP contribution in [0.1, 0.15) is 16.0 Å². The molecule has 0 aliphatic heterocycles. The van der Waals surface area contributed by atoms with E-state index in [1.54, 1.807) is 19.1 Å². The van der Waals surface area contributed by atoms with Crippen molar-refractivity contribution in [2.75, 3.05) is 0 Å². The summed E-state index contributed by atoms with van der Waals surface area (Å²) in [6, 6.07) is 4.54. The third-order valence-corrected chi connectivity index (χ3v) is 5.03. The van der Waals surface area contributed by atoms with Crippen molar-refractivity contribution < 1.29 is 4.39 Å². The van der Waals surface area contributed by atoms with Gasteiger partial charge in [-0.05, 0) is 62.3 Å². The molecule has 3 aromatic rings. The Morgan fingerprint density at radius 3 is 2.67 bits per heavy atom. The zero-order valence-corrected chi connectivity index (χ0v) is 13.4. The van der Waals surface area contributed by atoms with Crippen LogP contribution in [0.4, 0.5) is 4.39 Å². The molecule has 108 valence electrons. The number of aromatic amines is 1. The number of nitrogens with one attached hydrogen (secondary N) is 1. The second-order valence-electron chi connectivity index (χ2n) is 4.99. The first kappa shape index (κ1) is 14.2. The van der Waals surface area contributed by atoms with Crippen molar-refractivity contribution in [1.29, 1.82) is 0 Å². The van der Waals surface area contributed by atoms with Gasteiger partial charge >= 0.3 is 0 Å². The first-order chi connectivity index (χ1) is 9.90. The van der Waals surface area contributed by atoms with Crippen molar-refractivity contribution in [1.82, 2.24) is 9.55 Å². The minimum Gasteiger partial charge on any atom is -0.323 e. The molecule has 2 aromatic heterocycles. The average molecular weight is 320 g/mol. The van der Waals surface area contributed by atoms with Crippen LogP contribution < -0.4 is 5.56 Å². The summed E-state index contributed by atoms with van der Waals surface area (Å²) in [6.07, 6.45) is 0. The first-order valence-corrected chi connectivity index (χ1v) is 7.64. The number of thiophene rings is 1. The van der Waals surface area contributed by atoms with Crippen LogP contribution in [0.5, 0.6) is 0 Å². The number of nitrogens with zero attached hydrogens (tertiary/aromatic N) is 1. The van der Waals surface area contributed by atoms with Gasteiger partial charge in [0.25, 0.3) is 5.56 Å². The maximum absolute atomic E-state index is 13.4. The molecule has 6 heteroatoms. The van der Waals surface area contributed by atoms with Crippen LogP contribution in [-0.2, 0) is 0 Å². The molecule has 0 aliphatic carbocycles. The van der Waals surface area contributed by atoms with Crippen LogP contribution in [0.3, 0.4) is 0 Å². The third kappa shape index (κ3) is 2.15. The largest absolute Gasteiger partial charge is 0.323 e. The topological polar surface area (TPSA) is 37.8 Å². The lowest BCUT2D eigenvalue weighted by molar-refractivity contribution is 0.618. The number of fused-ring (bicyclic) bond motifs is 1. The summed E-state index contributed by atoms with van der Waals surface area (Å²) in [5, 5.41) is 0.646. The van der Waals surface area contributed by atoms with E-state index < -0.39 is 0 Å². The summed E-state index contributed by atoms with van der Waals surface area (Å²) in [5.41, 5.74) is 1.85. The highest BCUT2D eigenvalue weighted by molar-refractivity contribution is 7.71. The summed E-state index contributed by atoms with van der Waals surface area (Å²) in [7, 11) is 0. The molecule has 0 fully saturated rings. The van der Waals surface area contributed by atoms with E-state index in [4.69, 9.17) is 12.2 Å². The lowest BCUT2D eigenvalue weighted by atomic mass is 10.2. The summed E-state index contributed by atoms with van der Waals surface area (Å²) in [5.74, 6) is -0.301. The van der Waals surface area contributed by atoms with Crippen LogP contribution in [0.15, 0.2) is 23.0 Å². The van der Waals surface area contributed by atoms with Gasteiger partial charge in [-0.2, -0.15) is 0 Å². The number of H-pyrrole nitrogens is 1. The number of hydrogen-bond acceptors (Lipinski definition) is 3. The maximum atomic E-state index is 13.4. The number of aromatic nitrogens is 2. The van der Waals surface area contributed by atoms with Gasteiger partial charge in [-0.1, -0.05) is 0 Å². The van der Waals surface area contributed by atoms with Crippen molar-refractivity contribution in [3.05, 3.63) is 55.1 Å². The predicted octanol–water partition coefficient (Wildman–Crippen LogP) is 4.17. The average Bonchev–Trinajstić information content (AvgIpc) is 2.69. The molecule has 21 heavy (non-hydrogen) atoms. The van der Waals surface area contributed by atoms with E-state index in [2.05, 4.69) is 4.98 Å². The first-order valence-electron chi connectivity index (χ1n) is 6.41. The number of rotatable bonds is 1. The predicted molar refractivity (Wildman–Crippen MR) is 86.8 cm³/mol. The fourth-order valence-electron chi connectivity index (χ4n) is 2.33. The highest BCUT2D eigenvalue weighted by atomic mass is 32.1. The smallest absolute Gasteiger partial charge is 0.267 e. The van der Waals surface area contributed by atoms with Crippen LogP contribution in [0.2, 0.25) is 0 Å². The summed E-state index contributed by atoms with van der Waals surface area (Å²) in [4.78, 5) is 17.7. The fourth-order valence-corrected chi connectivity index (χ4v) is 3.74. The van der Waals surface area contributed by atoms with E-state index in [-0.39, 0.29) is 11.4 Å². The molecule has 3 nitrogen and oxygen atoms in total. The summed E-state index contributed by atoms with van der Waals surface area (Å²) in [6.45, 7) is 5.56. The van der Waals surface area contributed by atoms with Crippen LogP contribution in [0, 0.1) is 31.4 Å².